The van der Waals surface area contributed by atoms with Crippen LogP contribution < -0.4 is 47.6 Å². The van der Waals surface area contributed by atoms with Crippen molar-refractivity contribution in [3.63, 3.8) is 0 Å². The van der Waals surface area contributed by atoms with Gasteiger partial charge in [0, 0.05) is 101 Å². The highest BCUT2D eigenvalue weighted by molar-refractivity contribution is 6.04. The molecule has 2 amide bonds. The highest BCUT2D eigenvalue weighted by Crippen LogP contribution is 2.34. The van der Waals surface area contributed by atoms with Crippen LogP contribution in [0.1, 0.15) is 129 Å². The third-order valence-corrected chi connectivity index (χ3v) is 21.9. The molecule has 0 unspecified atom stereocenters. The first-order chi connectivity index (χ1) is 61.7. The highest BCUT2D eigenvalue weighted by Gasteiger charge is 2.25. The molecule has 15 rings (SSSR count). The Bertz CT molecular complexity index is 6730. The number of benzene rings is 11. The summed E-state index contributed by atoms with van der Waals surface area (Å²) in [5, 5.41) is 13.0. The molecule has 4 heterocycles. The number of aromatic nitrogens is 4. The lowest BCUT2D eigenvalue weighted by atomic mass is 10.1. The Morgan fingerprint density at radius 3 is 1.02 bits per heavy atom. The van der Waals surface area contributed by atoms with Crippen LogP contribution in [-0.2, 0) is 102 Å². The van der Waals surface area contributed by atoms with E-state index in [-0.39, 0.29) is 54.2 Å². The summed E-state index contributed by atoms with van der Waals surface area (Å²) < 4.78 is 48.9. The monoisotopic (exact) mass is 1700 g/mol. The number of hydrogen-bond donors (Lipinski definition) is 5. The maximum Gasteiger partial charge on any atom is 0.346 e. The van der Waals surface area contributed by atoms with Crippen molar-refractivity contribution in [2.24, 2.45) is 28.7 Å². The number of hydrogen-bond acceptors (Lipinski definition) is 20. The third-order valence-electron chi connectivity index (χ3n) is 21.9. The van der Waals surface area contributed by atoms with Crippen molar-refractivity contribution in [2.75, 3.05) is 39.8 Å². The molecule has 0 aliphatic heterocycles. The van der Waals surface area contributed by atoms with Crippen LogP contribution in [0.3, 0.4) is 0 Å². The van der Waals surface area contributed by atoms with Crippen molar-refractivity contribution in [3.8, 4) is 29.1 Å². The summed E-state index contributed by atoms with van der Waals surface area (Å²) in [4.78, 5) is 107. The fourth-order valence-electron chi connectivity index (χ4n) is 15.5. The molecule has 15 aromatic rings. The summed E-state index contributed by atoms with van der Waals surface area (Å²) in [6.07, 6.45) is 10.3. The van der Waals surface area contributed by atoms with Crippen molar-refractivity contribution in [3.05, 3.63) is 368 Å². The van der Waals surface area contributed by atoms with Crippen LogP contribution in [0.4, 0.5) is 0 Å². The second kappa shape index (κ2) is 39.8. The predicted octanol–water partition coefficient (Wildman–Crippen LogP) is 13.8. The molecule has 26 heteroatoms. The summed E-state index contributed by atoms with van der Waals surface area (Å²) in [7, 11) is 1.46. The molecule has 0 radical (unpaired) electrons. The zero-order valence-electron chi connectivity index (χ0n) is 69.6. The van der Waals surface area contributed by atoms with Gasteiger partial charge in [-0.1, -0.05) is 84.9 Å². The lowest BCUT2D eigenvalue weighted by Gasteiger charge is -2.17. The molecule has 127 heavy (non-hydrogen) atoms. The lowest BCUT2D eigenvalue weighted by Crippen LogP contribution is -2.35. The zero-order valence-corrected chi connectivity index (χ0v) is 69.6. The first kappa shape index (κ1) is 86.4. The Hall–Kier alpha value is -15.5. The number of fused-ring (bicyclic) bond motifs is 4. The van der Waals surface area contributed by atoms with Gasteiger partial charge >= 0.3 is 35.8 Å². The molecule has 0 saturated heterocycles. The molecular formula is C101H91N11O15. The van der Waals surface area contributed by atoms with Gasteiger partial charge in [0.05, 0.1) is 39.4 Å². The summed E-state index contributed by atoms with van der Waals surface area (Å²) >= 11 is 0. The summed E-state index contributed by atoms with van der Waals surface area (Å²) in [5.74, 6) is -3.52. The summed E-state index contributed by atoms with van der Waals surface area (Å²) in [6.45, 7) is 2.91. The number of amides is 2. The highest BCUT2D eigenvalue weighted by atomic mass is 16.6. The number of nitrogens with two attached hydrogens (primary N) is 5. The maximum atomic E-state index is 13.7. The largest absolute Gasteiger partial charge is 0.489 e. The van der Waals surface area contributed by atoms with E-state index in [9.17, 15) is 43.6 Å². The van der Waals surface area contributed by atoms with Crippen LogP contribution in [-0.4, -0.2) is 111 Å². The normalized spacial score (nSPS) is 11.2. The van der Waals surface area contributed by atoms with Gasteiger partial charge in [-0.25, -0.2) is 28.8 Å². The number of ether oxygens (including phenoxy) is 7. The third kappa shape index (κ3) is 21.1. The van der Waals surface area contributed by atoms with E-state index in [0.717, 1.165) is 99.2 Å². The molecule has 0 spiro atoms. The van der Waals surface area contributed by atoms with Gasteiger partial charge in [-0.15, -0.1) is 0 Å². The van der Waals surface area contributed by atoms with Crippen molar-refractivity contribution in [1.82, 2.24) is 23.2 Å². The molecule has 4 aromatic heterocycles. The molecule has 26 nitrogen and oxygen atoms in total. The Morgan fingerprint density at radius 2 is 0.654 bits per heavy atom. The standard InChI is InChI=1S/C101H91N11O15/c1-108(94(113)58-112-57-81(36-40-105)89-49-84(28-32-93(89)112)123-62-70-11-2-7-66(41-70)50-106)59-95(114)125-98(117)77-16-6-12-71(45-77)63-124-85-27-31-92-88(48-85)80(35-39-104)56-111(92)51-67-8-3-13-74(42-67)99(118)126-97(116)73-23-19-65(20-24-73)61-122-83-26-30-91-87(47-83)79(34-38-103)55-110(91)53-69-10-5-15-76(44-69)101(120)127-100(119)75-14-4-9-68(43-75)52-109-54-78(33-37-102)86-46-82(25-29-90(86)109)121-60-64-17-21-72(22-18-64)96(107)115/h2-32,41-49,54-57H,33-40,51-53,58-63,102-105H2,1H3,(H2,107,115). The zero-order chi connectivity index (χ0) is 88.6. The number of esters is 6. The van der Waals surface area contributed by atoms with E-state index in [4.69, 9.17) is 61.8 Å². The fourth-order valence-corrected chi connectivity index (χ4v) is 15.5. The molecule has 0 bridgehead atoms. The number of carbonyl (C=O) groups is 8. The Morgan fingerprint density at radius 1 is 0.339 bits per heavy atom. The van der Waals surface area contributed by atoms with Crippen molar-refractivity contribution in [2.45, 2.75) is 78.3 Å². The van der Waals surface area contributed by atoms with Crippen molar-refractivity contribution < 1.29 is 71.5 Å². The van der Waals surface area contributed by atoms with Gasteiger partial charge in [-0.05, 0) is 271 Å². The van der Waals surface area contributed by atoms with Crippen LogP contribution in [0.25, 0.3) is 43.6 Å². The quantitative estimate of drug-likeness (QED) is 0.0138. The first-order valence-electron chi connectivity index (χ1n) is 41.4. The summed E-state index contributed by atoms with van der Waals surface area (Å²) in [5.41, 5.74) is 44.4. The van der Waals surface area contributed by atoms with Gasteiger partial charge in [0.2, 0.25) is 11.8 Å². The number of rotatable bonds is 36. The number of carbonyl (C=O) groups excluding carboxylic acids is 8. The molecule has 11 aromatic carbocycles. The number of nitrogens with zero attached hydrogens (tertiary/aromatic N) is 6. The summed E-state index contributed by atoms with van der Waals surface area (Å²) in [6, 6.07) is 73.1. The van der Waals surface area contributed by atoms with Crippen LogP contribution in [0.15, 0.2) is 267 Å². The molecule has 0 atom stereocenters. The molecule has 0 aliphatic carbocycles. The topological polar surface area (TPSA) is 378 Å². The van der Waals surface area contributed by atoms with E-state index in [0.29, 0.717) is 118 Å². The lowest BCUT2D eigenvalue weighted by molar-refractivity contribution is -0.144. The average molecular weight is 1700 g/mol. The predicted molar refractivity (Wildman–Crippen MR) is 479 cm³/mol. The van der Waals surface area contributed by atoms with Gasteiger partial charge in [0.1, 0.15) is 62.5 Å². The van der Waals surface area contributed by atoms with Crippen LogP contribution >= 0.6 is 0 Å². The Kier molecular flexibility index (Phi) is 27.1. The minimum atomic E-state index is -0.915. The van der Waals surface area contributed by atoms with Crippen LogP contribution in [0, 0.1) is 11.3 Å². The number of nitriles is 1. The SMILES string of the molecule is CN(CC(=O)OC(=O)c1cccc(COc2ccc3c(c2)c(CCN)cn3Cc2cccc(C(=O)OC(=O)c3ccc(COc4ccc5c(c4)c(CCN)cn5Cc4cccc(C(=O)OC(=O)c5cccc(Cn6cc(CCN)c7cc(OCc8ccc(C(N)=O)cc8)ccc76)c5)c4)cc3)c2)c1)C(=O)Cn1cc(CCN)c2cc(OCc3cccc(C#N)c3)ccc21. The Labute approximate surface area is 730 Å². The number of primary amides is 1. The molecule has 0 aliphatic rings. The second-order valence-electron chi connectivity index (χ2n) is 30.9. The van der Waals surface area contributed by atoms with E-state index < -0.39 is 54.2 Å². The molecular weight excluding hydrogens is 1610 g/mol. The van der Waals surface area contributed by atoms with Gasteiger partial charge in [-0.2, -0.15) is 5.26 Å². The van der Waals surface area contributed by atoms with Crippen molar-refractivity contribution >= 4 is 91.2 Å². The van der Waals surface area contributed by atoms with Gasteiger partial charge in [0.25, 0.3) is 0 Å². The second-order valence-corrected chi connectivity index (χ2v) is 30.9. The smallest absolute Gasteiger partial charge is 0.346 e. The van der Waals surface area contributed by atoms with E-state index >= 15 is 0 Å². The molecule has 640 valence electrons. The van der Waals surface area contributed by atoms with Gasteiger partial charge in [0.15, 0.2) is 0 Å². The number of likely N-dealkylation sites (N-methyl/N-ethyl adjacent to an activating group) is 1. The van der Waals surface area contributed by atoms with E-state index in [1.165, 1.54) is 18.0 Å². The van der Waals surface area contributed by atoms with E-state index in [2.05, 4.69) is 15.2 Å². The molecule has 10 N–H and O–H groups in total. The van der Waals surface area contributed by atoms with Crippen LogP contribution in [0.5, 0.6) is 23.0 Å². The molecule has 0 fully saturated rings. The van der Waals surface area contributed by atoms with E-state index in [1.807, 2.05) is 120 Å². The van der Waals surface area contributed by atoms with Crippen LogP contribution in [0.2, 0.25) is 0 Å². The fraction of sp³-hybridized carbons (Fsp3) is 0.178. The minimum Gasteiger partial charge on any atom is -0.489 e. The van der Waals surface area contributed by atoms with E-state index in [1.54, 1.807) is 150 Å². The van der Waals surface area contributed by atoms with Gasteiger partial charge in [-0.3, -0.25) is 9.59 Å². The van der Waals surface area contributed by atoms with Gasteiger partial charge < -0.3 is 85.0 Å². The first-order valence-corrected chi connectivity index (χ1v) is 41.4. The Balaban J connectivity index is 0.510. The van der Waals surface area contributed by atoms with Crippen molar-refractivity contribution in [1.29, 1.82) is 5.26 Å². The maximum absolute atomic E-state index is 13.7. The molecule has 0 saturated carbocycles. The minimum absolute atomic E-state index is 0.0643. The average Bonchev–Trinajstić information content (AvgIpc) is 1.66.